The molecule has 6 N–H and O–H groups in total. The van der Waals surface area contributed by atoms with E-state index in [-0.39, 0.29) is 19.4 Å². The lowest BCUT2D eigenvalue weighted by atomic mass is 9.78. The second kappa shape index (κ2) is 8.05. The number of nitrogens with two attached hydrogens (primary N) is 1. The molecule has 8 nitrogen and oxygen atoms in total. The Labute approximate surface area is 150 Å². The number of anilines is 1. The third-order valence-corrected chi connectivity index (χ3v) is 4.67. The Morgan fingerprint density at radius 3 is 2.56 bits per heavy atom. The molecule has 1 aromatic rings. The maximum absolute atomic E-state index is 12.4. The Morgan fingerprint density at radius 1 is 1.36 bits per heavy atom. The number of aliphatic carboxylic acids is 1. The summed E-state index contributed by atoms with van der Waals surface area (Å²) >= 11 is 5.80. The van der Waals surface area contributed by atoms with E-state index in [2.05, 4.69) is 5.32 Å². The highest BCUT2D eigenvalue weighted by Crippen LogP contribution is 2.31. The van der Waals surface area contributed by atoms with Gasteiger partial charge in [0.15, 0.2) is 0 Å². The van der Waals surface area contributed by atoms with Crippen LogP contribution in [0.1, 0.15) is 12.8 Å². The molecule has 2 rings (SSSR count). The number of amides is 2. The fraction of sp³-hybridized carbons (Fsp3) is 0.467. The summed E-state index contributed by atoms with van der Waals surface area (Å²) in [5.41, 5.74) is 5.02. The van der Waals surface area contributed by atoms with Crippen LogP contribution in [0.5, 0.6) is 0 Å². The average molecular weight is 370 g/mol. The lowest BCUT2D eigenvalue weighted by Gasteiger charge is -2.25. The Hall–Kier alpha value is -1.81. The van der Waals surface area contributed by atoms with Crippen molar-refractivity contribution in [3.63, 3.8) is 0 Å². The number of halogens is 1. The van der Waals surface area contributed by atoms with Gasteiger partial charge in [0.2, 0.25) is 0 Å². The molecular weight excluding hydrogens is 348 g/mol. The normalized spacial score (nSPS) is 22.7. The maximum Gasteiger partial charge on any atom is 0.451 e. The van der Waals surface area contributed by atoms with E-state index in [1.54, 1.807) is 24.3 Å². The molecule has 2 atom stereocenters. The van der Waals surface area contributed by atoms with Crippen molar-refractivity contribution in [1.29, 1.82) is 0 Å². The Kier molecular flexibility index (Phi) is 6.28. The number of urea groups is 1. The molecule has 0 aliphatic carbocycles. The van der Waals surface area contributed by atoms with Crippen molar-refractivity contribution in [2.45, 2.75) is 24.7 Å². The lowest BCUT2D eigenvalue weighted by Crippen LogP contribution is -2.55. The Balaban J connectivity index is 2.02. The summed E-state index contributed by atoms with van der Waals surface area (Å²) < 4.78 is 0. The smallest absolute Gasteiger partial charge is 0.451 e. The van der Waals surface area contributed by atoms with Gasteiger partial charge in [0.25, 0.3) is 0 Å². The molecule has 0 aromatic heterocycles. The summed E-state index contributed by atoms with van der Waals surface area (Å²) in [7, 11) is -1.44. The number of nitrogens with one attached hydrogen (secondary N) is 1. The lowest BCUT2D eigenvalue weighted by molar-refractivity contribution is -0.144. The molecule has 0 spiro atoms. The van der Waals surface area contributed by atoms with Crippen molar-refractivity contribution in [2.24, 2.45) is 11.7 Å². The van der Waals surface area contributed by atoms with Gasteiger partial charge < -0.3 is 31.1 Å². The van der Waals surface area contributed by atoms with Crippen LogP contribution < -0.4 is 11.1 Å². The van der Waals surface area contributed by atoms with E-state index in [0.29, 0.717) is 23.6 Å². The Bertz CT molecular complexity index is 630. The molecule has 136 valence electrons. The molecule has 1 aromatic carbocycles. The SMILES string of the molecule is NC1(C(=O)O)CN(C(=O)Nc2ccc(Cl)cc2)CC1CCCB(O)O. The zero-order valence-electron chi connectivity index (χ0n) is 13.6. The molecule has 1 heterocycles. The molecule has 0 bridgehead atoms. The number of carboxylic acid groups (broad SMARTS) is 1. The number of nitrogens with zero attached hydrogens (tertiary/aromatic N) is 1. The van der Waals surface area contributed by atoms with Gasteiger partial charge in [-0.3, -0.25) is 4.79 Å². The van der Waals surface area contributed by atoms with Crippen LogP contribution in [0.4, 0.5) is 10.5 Å². The van der Waals surface area contributed by atoms with Crippen molar-refractivity contribution < 1.29 is 24.7 Å². The highest BCUT2D eigenvalue weighted by Gasteiger charge is 2.50. The van der Waals surface area contributed by atoms with Crippen LogP contribution in [0.3, 0.4) is 0 Å². The minimum absolute atomic E-state index is 0.117. The fourth-order valence-corrected chi connectivity index (χ4v) is 3.09. The summed E-state index contributed by atoms with van der Waals surface area (Å²) in [6.45, 7) is 0.0673. The van der Waals surface area contributed by atoms with Crippen LogP contribution in [0, 0.1) is 5.92 Å². The molecule has 10 heteroatoms. The number of likely N-dealkylation sites (tertiary alicyclic amines) is 1. The summed E-state index contributed by atoms with van der Waals surface area (Å²) in [4.78, 5) is 25.4. The van der Waals surface area contributed by atoms with Gasteiger partial charge in [-0.25, -0.2) is 4.79 Å². The second-order valence-electron chi connectivity index (χ2n) is 6.27. The average Bonchev–Trinajstić information content (AvgIpc) is 2.88. The molecule has 1 aliphatic rings. The van der Waals surface area contributed by atoms with Crippen molar-refractivity contribution in [2.75, 3.05) is 18.4 Å². The number of rotatable bonds is 6. The number of hydrogen-bond acceptors (Lipinski definition) is 5. The van der Waals surface area contributed by atoms with E-state index in [1.807, 2.05) is 0 Å². The van der Waals surface area contributed by atoms with Crippen molar-refractivity contribution in [3.8, 4) is 0 Å². The zero-order valence-corrected chi connectivity index (χ0v) is 14.3. The molecular formula is C15H21BClN3O5. The van der Waals surface area contributed by atoms with Crippen LogP contribution in [0.25, 0.3) is 0 Å². The summed E-state index contributed by atoms with van der Waals surface area (Å²) in [5.74, 6) is -1.65. The fourth-order valence-electron chi connectivity index (χ4n) is 2.97. The van der Waals surface area contributed by atoms with Crippen molar-refractivity contribution in [1.82, 2.24) is 4.90 Å². The van der Waals surface area contributed by atoms with Gasteiger partial charge in [-0.1, -0.05) is 18.0 Å². The molecule has 2 amide bonds. The zero-order chi connectivity index (χ0) is 18.6. The van der Waals surface area contributed by atoms with Gasteiger partial charge in [0.05, 0.1) is 6.54 Å². The Morgan fingerprint density at radius 2 is 2.00 bits per heavy atom. The van der Waals surface area contributed by atoms with E-state index in [0.717, 1.165) is 0 Å². The first-order chi connectivity index (χ1) is 11.7. The first-order valence-electron chi connectivity index (χ1n) is 7.92. The number of hydrogen-bond donors (Lipinski definition) is 5. The molecule has 0 radical (unpaired) electrons. The maximum atomic E-state index is 12.4. The first-order valence-corrected chi connectivity index (χ1v) is 8.30. The molecule has 2 unspecified atom stereocenters. The van der Waals surface area contributed by atoms with Crippen molar-refractivity contribution >= 4 is 36.4 Å². The summed E-state index contributed by atoms with van der Waals surface area (Å²) in [5, 5.41) is 30.5. The minimum Gasteiger partial charge on any atom is -0.480 e. The van der Waals surface area contributed by atoms with Gasteiger partial charge in [0, 0.05) is 23.2 Å². The highest BCUT2D eigenvalue weighted by atomic mass is 35.5. The van der Waals surface area contributed by atoms with E-state index in [4.69, 9.17) is 27.4 Å². The van der Waals surface area contributed by atoms with Gasteiger partial charge in [0.1, 0.15) is 5.54 Å². The summed E-state index contributed by atoms with van der Waals surface area (Å²) in [6.07, 6.45) is 0.912. The topological polar surface area (TPSA) is 136 Å². The second-order valence-corrected chi connectivity index (χ2v) is 6.71. The molecule has 25 heavy (non-hydrogen) atoms. The monoisotopic (exact) mass is 369 g/mol. The van der Waals surface area contributed by atoms with Gasteiger partial charge in [-0.05, 0) is 37.0 Å². The van der Waals surface area contributed by atoms with Crippen LogP contribution in [-0.2, 0) is 4.79 Å². The van der Waals surface area contributed by atoms with Crippen LogP contribution in [0.2, 0.25) is 11.3 Å². The predicted molar refractivity (Wildman–Crippen MR) is 94.3 cm³/mol. The molecule has 1 fully saturated rings. The molecule has 0 saturated carbocycles. The number of carbonyl (C=O) groups is 2. The summed E-state index contributed by atoms with van der Waals surface area (Å²) in [6, 6.07) is 6.11. The highest BCUT2D eigenvalue weighted by molar-refractivity contribution is 6.40. The number of carbonyl (C=O) groups excluding carboxylic acids is 1. The quantitative estimate of drug-likeness (QED) is 0.471. The van der Waals surface area contributed by atoms with Gasteiger partial charge in [-0.2, -0.15) is 0 Å². The number of carboxylic acids is 1. The number of benzene rings is 1. The molecule has 1 saturated heterocycles. The van der Waals surface area contributed by atoms with E-state index in [1.165, 1.54) is 4.90 Å². The largest absolute Gasteiger partial charge is 0.480 e. The van der Waals surface area contributed by atoms with Crippen LogP contribution in [0.15, 0.2) is 24.3 Å². The third-order valence-electron chi connectivity index (χ3n) is 4.42. The first kappa shape index (κ1) is 19.5. The van der Waals surface area contributed by atoms with Crippen molar-refractivity contribution in [3.05, 3.63) is 29.3 Å². The van der Waals surface area contributed by atoms with E-state index < -0.39 is 30.6 Å². The van der Waals surface area contributed by atoms with Crippen LogP contribution >= 0.6 is 11.6 Å². The standard InChI is InChI=1S/C15H21BClN3O5/c17-11-3-5-12(6-4-11)19-14(23)20-8-10(2-1-7-16(24)25)15(18,9-20)13(21)22/h3-6,10,24-25H,1-2,7-9,18H2,(H,19,23)(H,21,22). The van der Waals surface area contributed by atoms with E-state index >= 15 is 0 Å². The van der Waals surface area contributed by atoms with Gasteiger partial charge in [-0.15, -0.1) is 0 Å². The minimum atomic E-state index is -1.56. The third kappa shape index (κ3) is 4.85. The molecule has 1 aliphatic heterocycles. The van der Waals surface area contributed by atoms with E-state index in [9.17, 15) is 14.7 Å². The van der Waals surface area contributed by atoms with Gasteiger partial charge >= 0.3 is 19.1 Å². The van der Waals surface area contributed by atoms with Crippen LogP contribution in [-0.4, -0.2) is 57.8 Å². The predicted octanol–water partition coefficient (Wildman–Crippen LogP) is 0.839.